The molecule has 0 aromatic carbocycles. The van der Waals surface area contributed by atoms with Gasteiger partial charge in [-0.05, 0) is 35.6 Å². The molecule has 0 aliphatic rings. The molecule has 1 aromatic heterocycles. The van der Waals surface area contributed by atoms with Crippen molar-refractivity contribution in [2.24, 2.45) is 0 Å². The van der Waals surface area contributed by atoms with Crippen LogP contribution < -0.4 is 4.74 Å². The Bertz CT molecular complexity index is 558. The summed E-state index contributed by atoms with van der Waals surface area (Å²) >= 11 is 1.17. The molecular weight excluding hydrogens is 435 g/mol. The molecule has 0 radical (unpaired) electrons. The van der Waals surface area contributed by atoms with Crippen LogP contribution in [0.15, 0.2) is 6.07 Å². The van der Waals surface area contributed by atoms with Crippen LogP contribution in [0, 0.1) is 3.70 Å². The zero-order valence-electron chi connectivity index (χ0n) is 10.8. The summed E-state index contributed by atoms with van der Waals surface area (Å²) in [5.41, 5.74) is -2.03. The van der Waals surface area contributed by atoms with E-state index in [0.717, 1.165) is 0 Å². The van der Waals surface area contributed by atoms with Crippen LogP contribution >= 0.6 is 22.6 Å². The first kappa shape index (κ1) is 18.8. The number of hydrogen-bond donors (Lipinski definition) is 0. The minimum absolute atomic E-state index is 0.0112. The topological polar surface area (TPSA) is 48.4 Å². The summed E-state index contributed by atoms with van der Waals surface area (Å²) in [5, 5.41) is 0. The van der Waals surface area contributed by atoms with Crippen LogP contribution in [0.3, 0.4) is 0 Å². The minimum Gasteiger partial charge on any atom is -0.466 e. The summed E-state index contributed by atoms with van der Waals surface area (Å²) in [5.74, 6) is -2.29. The standard InChI is InChI=1S/C11H8F6INO3/c1-2-21-7(20)4-5-3-6(10(12,13)14)8(9(18)19-5)22-11(15,16)17/h3H,2,4H2,1H3. The molecule has 1 rings (SSSR count). The molecule has 0 atom stereocenters. The van der Waals surface area contributed by atoms with Crippen molar-refractivity contribution in [2.45, 2.75) is 25.9 Å². The summed E-state index contributed by atoms with van der Waals surface area (Å²) in [6.07, 6.45) is -11.0. The number of ether oxygens (including phenoxy) is 2. The molecule has 1 aromatic rings. The van der Waals surface area contributed by atoms with Gasteiger partial charge in [-0.1, -0.05) is 0 Å². The zero-order valence-corrected chi connectivity index (χ0v) is 13.0. The van der Waals surface area contributed by atoms with E-state index in [1.165, 1.54) is 29.5 Å². The third-order valence-corrected chi connectivity index (χ3v) is 2.87. The molecule has 0 saturated carbocycles. The fourth-order valence-electron chi connectivity index (χ4n) is 1.43. The van der Waals surface area contributed by atoms with E-state index in [9.17, 15) is 31.1 Å². The van der Waals surface area contributed by atoms with E-state index in [-0.39, 0.29) is 12.3 Å². The molecule has 0 aliphatic carbocycles. The Hall–Kier alpha value is -1.27. The van der Waals surface area contributed by atoms with Crippen LogP contribution in [0.5, 0.6) is 5.75 Å². The van der Waals surface area contributed by atoms with E-state index >= 15 is 0 Å². The van der Waals surface area contributed by atoms with Gasteiger partial charge in [0.15, 0.2) is 5.75 Å². The minimum atomic E-state index is -5.30. The van der Waals surface area contributed by atoms with Crippen molar-refractivity contribution in [1.29, 1.82) is 0 Å². The highest BCUT2D eigenvalue weighted by Gasteiger charge is 2.41. The Labute approximate surface area is 133 Å². The summed E-state index contributed by atoms with van der Waals surface area (Å²) in [6, 6.07) is 0.333. The lowest BCUT2D eigenvalue weighted by molar-refractivity contribution is -0.276. The third-order valence-electron chi connectivity index (χ3n) is 2.14. The quantitative estimate of drug-likeness (QED) is 0.308. The highest BCUT2D eigenvalue weighted by molar-refractivity contribution is 14.1. The molecule has 4 nitrogen and oxygen atoms in total. The number of hydrogen-bond acceptors (Lipinski definition) is 4. The van der Waals surface area contributed by atoms with Gasteiger partial charge in [-0.3, -0.25) is 4.79 Å². The fourth-order valence-corrected chi connectivity index (χ4v) is 2.14. The summed E-state index contributed by atoms with van der Waals surface area (Å²) in [7, 11) is 0. The molecule has 0 amide bonds. The molecule has 0 saturated heterocycles. The van der Waals surface area contributed by atoms with Gasteiger partial charge in [-0.2, -0.15) is 13.2 Å². The number of nitrogens with zero attached hydrogens (tertiary/aromatic N) is 1. The van der Waals surface area contributed by atoms with E-state index in [1.807, 2.05) is 0 Å². The Morgan fingerprint density at radius 2 is 1.86 bits per heavy atom. The van der Waals surface area contributed by atoms with E-state index in [1.54, 1.807) is 0 Å². The molecule has 0 unspecified atom stereocenters. The molecule has 1 heterocycles. The maximum Gasteiger partial charge on any atom is 0.573 e. The molecular formula is C11H8F6INO3. The number of pyridine rings is 1. The Balaban J connectivity index is 3.27. The number of rotatable bonds is 4. The van der Waals surface area contributed by atoms with Crippen LogP contribution in [0.4, 0.5) is 26.3 Å². The molecule has 0 bridgehead atoms. The van der Waals surface area contributed by atoms with Gasteiger partial charge in [0.2, 0.25) is 0 Å². The fraction of sp³-hybridized carbons (Fsp3) is 0.455. The first-order chi connectivity index (χ1) is 9.94. The van der Waals surface area contributed by atoms with Crippen LogP contribution in [0.1, 0.15) is 18.2 Å². The van der Waals surface area contributed by atoms with Gasteiger partial charge in [-0.25, -0.2) is 4.98 Å². The van der Waals surface area contributed by atoms with Gasteiger partial charge in [-0.15, -0.1) is 13.2 Å². The molecule has 124 valence electrons. The first-order valence-corrected chi connectivity index (χ1v) is 6.70. The third kappa shape index (κ3) is 5.50. The predicted molar refractivity (Wildman–Crippen MR) is 69.0 cm³/mol. The molecule has 11 heteroatoms. The van der Waals surface area contributed by atoms with Crippen molar-refractivity contribution in [2.75, 3.05) is 6.61 Å². The van der Waals surface area contributed by atoms with Gasteiger partial charge < -0.3 is 9.47 Å². The largest absolute Gasteiger partial charge is 0.573 e. The average molecular weight is 443 g/mol. The number of aromatic nitrogens is 1. The lowest BCUT2D eigenvalue weighted by Gasteiger charge is -2.17. The average Bonchev–Trinajstić information content (AvgIpc) is 2.29. The number of carbonyl (C=O) groups excluding carboxylic acids is 1. The second-order valence-electron chi connectivity index (χ2n) is 3.81. The monoisotopic (exact) mass is 443 g/mol. The normalized spacial score (nSPS) is 12.2. The van der Waals surface area contributed by atoms with Crippen molar-refractivity contribution in [3.8, 4) is 5.75 Å². The summed E-state index contributed by atoms with van der Waals surface area (Å²) in [4.78, 5) is 14.8. The van der Waals surface area contributed by atoms with Crippen LogP contribution in [0.2, 0.25) is 0 Å². The zero-order chi connectivity index (χ0) is 17.1. The molecule has 0 spiro atoms. The summed E-state index contributed by atoms with van der Waals surface area (Å²) in [6.45, 7) is 1.51. The Kier molecular flexibility index (Phi) is 5.87. The Morgan fingerprint density at radius 1 is 1.27 bits per heavy atom. The predicted octanol–water partition coefficient (Wildman–Crippen LogP) is 3.71. The van der Waals surface area contributed by atoms with E-state index in [4.69, 9.17) is 0 Å². The Morgan fingerprint density at radius 3 is 2.32 bits per heavy atom. The van der Waals surface area contributed by atoms with Gasteiger partial charge in [0.1, 0.15) is 9.26 Å². The molecule has 22 heavy (non-hydrogen) atoms. The first-order valence-electron chi connectivity index (χ1n) is 5.62. The number of esters is 1. The van der Waals surface area contributed by atoms with Gasteiger partial charge >= 0.3 is 18.5 Å². The van der Waals surface area contributed by atoms with E-state index in [0.29, 0.717) is 6.07 Å². The lowest BCUT2D eigenvalue weighted by atomic mass is 10.1. The van der Waals surface area contributed by atoms with Crippen molar-refractivity contribution in [3.05, 3.63) is 21.0 Å². The highest BCUT2D eigenvalue weighted by atomic mass is 127. The van der Waals surface area contributed by atoms with Gasteiger partial charge in [0.25, 0.3) is 0 Å². The molecule has 0 fully saturated rings. The highest BCUT2D eigenvalue weighted by Crippen LogP contribution is 2.40. The smallest absolute Gasteiger partial charge is 0.466 e. The summed E-state index contributed by atoms with van der Waals surface area (Å²) < 4.78 is 82.5. The SMILES string of the molecule is CCOC(=O)Cc1cc(C(F)(F)F)c(OC(F)(F)F)c(I)n1. The maximum absolute atomic E-state index is 12.9. The lowest BCUT2D eigenvalue weighted by Crippen LogP contribution is -2.22. The number of alkyl halides is 6. The van der Waals surface area contributed by atoms with Crippen molar-refractivity contribution < 1.29 is 40.6 Å². The van der Waals surface area contributed by atoms with E-state index < -0.39 is 39.9 Å². The number of carbonyl (C=O) groups is 1. The van der Waals surface area contributed by atoms with Crippen molar-refractivity contribution in [1.82, 2.24) is 4.98 Å². The van der Waals surface area contributed by atoms with Crippen LogP contribution in [-0.4, -0.2) is 23.9 Å². The second-order valence-corrected chi connectivity index (χ2v) is 4.83. The maximum atomic E-state index is 12.9. The second kappa shape index (κ2) is 6.87. The molecule has 0 N–H and O–H groups in total. The molecule has 0 aliphatic heterocycles. The van der Waals surface area contributed by atoms with E-state index in [2.05, 4.69) is 14.5 Å². The number of halogens is 7. The van der Waals surface area contributed by atoms with Gasteiger partial charge in [0.05, 0.1) is 18.7 Å². The van der Waals surface area contributed by atoms with Gasteiger partial charge in [0, 0.05) is 0 Å². The van der Waals surface area contributed by atoms with Crippen molar-refractivity contribution in [3.63, 3.8) is 0 Å². The van der Waals surface area contributed by atoms with Crippen molar-refractivity contribution >= 4 is 28.6 Å². The van der Waals surface area contributed by atoms with Crippen LogP contribution in [-0.2, 0) is 22.1 Å². The van der Waals surface area contributed by atoms with Crippen LogP contribution in [0.25, 0.3) is 0 Å².